The summed E-state index contributed by atoms with van der Waals surface area (Å²) in [5.74, 6) is 1.72. The Labute approximate surface area is 129 Å². The Hall–Kier alpha value is -2.37. The maximum absolute atomic E-state index is 12.6. The van der Waals surface area contributed by atoms with Gasteiger partial charge in [0.15, 0.2) is 0 Å². The number of benzene rings is 1. The molecule has 1 aliphatic rings. The Morgan fingerprint density at radius 3 is 2.82 bits per heavy atom. The Kier molecular flexibility index (Phi) is 4.09. The number of likely N-dealkylation sites (tertiary alicyclic amines) is 1. The third kappa shape index (κ3) is 2.95. The number of hydrogen-bond donors (Lipinski definition) is 0. The maximum Gasteiger partial charge on any atom is 0.293 e. The van der Waals surface area contributed by atoms with Crippen molar-refractivity contribution >= 4 is 5.91 Å². The number of para-hydroxylation sites is 1. The molecule has 22 heavy (non-hydrogen) atoms. The zero-order valence-corrected chi connectivity index (χ0v) is 12.9. The molecule has 1 aliphatic heterocycles. The topological polar surface area (TPSA) is 60.3 Å². The predicted octanol–water partition coefficient (Wildman–Crippen LogP) is 1.81. The molecule has 0 aliphatic carbocycles. The Morgan fingerprint density at radius 2 is 2.14 bits per heavy atom. The lowest BCUT2D eigenvalue weighted by Gasteiger charge is -2.23. The molecule has 0 unspecified atom stereocenters. The fourth-order valence-electron chi connectivity index (χ4n) is 2.67. The highest BCUT2D eigenvalue weighted by atomic mass is 16.5. The summed E-state index contributed by atoms with van der Waals surface area (Å²) in [6, 6.07) is 9.75. The van der Waals surface area contributed by atoms with Crippen LogP contribution in [0.2, 0.25) is 0 Å². The minimum absolute atomic E-state index is 0.0804. The van der Waals surface area contributed by atoms with Crippen molar-refractivity contribution in [3.63, 3.8) is 0 Å². The second kappa shape index (κ2) is 6.17. The van der Waals surface area contributed by atoms with E-state index < -0.39 is 0 Å². The number of amides is 1. The smallest absolute Gasteiger partial charge is 0.293 e. The van der Waals surface area contributed by atoms with E-state index in [1.807, 2.05) is 42.2 Å². The van der Waals surface area contributed by atoms with Crippen LogP contribution < -0.4 is 4.74 Å². The molecule has 116 valence electrons. The van der Waals surface area contributed by atoms with Gasteiger partial charge in [-0.2, -0.15) is 0 Å². The first-order chi connectivity index (χ1) is 10.6. The molecule has 6 heteroatoms. The van der Waals surface area contributed by atoms with Gasteiger partial charge in [0.05, 0.1) is 6.04 Å². The highest BCUT2D eigenvalue weighted by Gasteiger charge is 2.32. The second-order valence-corrected chi connectivity index (χ2v) is 5.52. The third-order valence-corrected chi connectivity index (χ3v) is 4.00. The van der Waals surface area contributed by atoms with Crippen LogP contribution in [0.4, 0.5) is 0 Å². The SMILES string of the molecule is Cc1nc(C(=O)N2CCC[C@H]2COc2ccccc2)nn1C. The summed E-state index contributed by atoms with van der Waals surface area (Å²) in [6.45, 7) is 3.07. The number of rotatable bonds is 4. The van der Waals surface area contributed by atoms with Gasteiger partial charge in [-0.25, -0.2) is 4.98 Å². The molecular weight excluding hydrogens is 280 g/mol. The van der Waals surface area contributed by atoms with E-state index in [0.29, 0.717) is 6.61 Å². The number of carbonyl (C=O) groups is 1. The number of aryl methyl sites for hydroxylation is 2. The molecule has 1 amide bonds. The van der Waals surface area contributed by atoms with E-state index in [4.69, 9.17) is 4.74 Å². The first-order valence-electron chi connectivity index (χ1n) is 7.51. The summed E-state index contributed by atoms with van der Waals surface area (Å²) < 4.78 is 7.42. The van der Waals surface area contributed by atoms with E-state index in [1.54, 1.807) is 11.7 Å². The molecule has 1 aromatic heterocycles. The van der Waals surface area contributed by atoms with Crippen LogP contribution in [0.15, 0.2) is 30.3 Å². The molecular formula is C16H20N4O2. The molecule has 0 spiro atoms. The van der Waals surface area contributed by atoms with Gasteiger partial charge in [0, 0.05) is 13.6 Å². The molecule has 0 radical (unpaired) electrons. The first kappa shape index (κ1) is 14.6. The van der Waals surface area contributed by atoms with Gasteiger partial charge in [-0.3, -0.25) is 9.48 Å². The molecule has 1 atom stereocenters. The quantitative estimate of drug-likeness (QED) is 0.864. The minimum Gasteiger partial charge on any atom is -0.491 e. The standard InChI is InChI=1S/C16H20N4O2/c1-12-17-15(18-19(12)2)16(21)20-10-6-7-13(20)11-22-14-8-4-3-5-9-14/h3-5,8-9,13H,6-7,10-11H2,1-2H3/t13-/m0/s1. The van der Waals surface area contributed by atoms with Gasteiger partial charge >= 0.3 is 0 Å². The van der Waals surface area contributed by atoms with Crippen LogP contribution in [0.25, 0.3) is 0 Å². The van der Waals surface area contributed by atoms with Crippen molar-refractivity contribution in [2.75, 3.05) is 13.2 Å². The number of aromatic nitrogens is 3. The zero-order valence-electron chi connectivity index (χ0n) is 12.9. The number of ether oxygens (including phenoxy) is 1. The molecule has 2 aromatic rings. The molecule has 2 heterocycles. The van der Waals surface area contributed by atoms with E-state index >= 15 is 0 Å². The lowest BCUT2D eigenvalue weighted by atomic mass is 10.2. The molecule has 6 nitrogen and oxygen atoms in total. The zero-order chi connectivity index (χ0) is 15.5. The molecule has 0 saturated carbocycles. The highest BCUT2D eigenvalue weighted by molar-refractivity contribution is 5.90. The van der Waals surface area contributed by atoms with Crippen LogP contribution >= 0.6 is 0 Å². The van der Waals surface area contributed by atoms with Gasteiger partial charge < -0.3 is 9.64 Å². The lowest BCUT2D eigenvalue weighted by Crippen LogP contribution is -2.39. The van der Waals surface area contributed by atoms with E-state index in [-0.39, 0.29) is 17.8 Å². The molecule has 1 fully saturated rings. The van der Waals surface area contributed by atoms with Crippen molar-refractivity contribution in [1.29, 1.82) is 0 Å². The van der Waals surface area contributed by atoms with Gasteiger partial charge in [-0.15, -0.1) is 5.10 Å². The summed E-state index contributed by atoms with van der Waals surface area (Å²) >= 11 is 0. The molecule has 0 bridgehead atoms. The summed E-state index contributed by atoms with van der Waals surface area (Å²) in [5, 5.41) is 4.18. The van der Waals surface area contributed by atoms with E-state index in [1.165, 1.54) is 0 Å². The normalized spacial score (nSPS) is 17.7. The average molecular weight is 300 g/mol. The Balaban J connectivity index is 1.66. The van der Waals surface area contributed by atoms with E-state index in [9.17, 15) is 4.79 Å². The van der Waals surface area contributed by atoms with Gasteiger partial charge in [-0.1, -0.05) is 18.2 Å². The third-order valence-electron chi connectivity index (χ3n) is 4.00. The lowest BCUT2D eigenvalue weighted by molar-refractivity contribution is 0.0679. The first-order valence-corrected chi connectivity index (χ1v) is 7.51. The molecule has 1 saturated heterocycles. The number of nitrogens with zero attached hydrogens (tertiary/aromatic N) is 4. The van der Waals surface area contributed by atoms with Crippen LogP contribution in [0, 0.1) is 6.92 Å². The Morgan fingerprint density at radius 1 is 1.36 bits per heavy atom. The number of hydrogen-bond acceptors (Lipinski definition) is 4. The molecule has 0 N–H and O–H groups in total. The van der Waals surface area contributed by atoms with Crippen LogP contribution in [-0.4, -0.2) is 44.8 Å². The summed E-state index contributed by atoms with van der Waals surface area (Å²) in [6.07, 6.45) is 1.94. The van der Waals surface area contributed by atoms with Crippen molar-refractivity contribution in [2.24, 2.45) is 7.05 Å². The second-order valence-electron chi connectivity index (χ2n) is 5.52. The van der Waals surface area contributed by atoms with Gasteiger partial charge in [0.2, 0.25) is 5.82 Å². The van der Waals surface area contributed by atoms with Crippen LogP contribution in [0.5, 0.6) is 5.75 Å². The van der Waals surface area contributed by atoms with Gasteiger partial charge in [-0.05, 0) is 31.9 Å². The monoisotopic (exact) mass is 300 g/mol. The Bertz CT molecular complexity index is 634. The van der Waals surface area contributed by atoms with Gasteiger partial charge in [0.1, 0.15) is 18.2 Å². The fourth-order valence-corrected chi connectivity index (χ4v) is 2.67. The molecule has 3 rings (SSSR count). The van der Waals surface area contributed by atoms with Crippen molar-refractivity contribution < 1.29 is 9.53 Å². The van der Waals surface area contributed by atoms with Gasteiger partial charge in [0.25, 0.3) is 5.91 Å². The predicted molar refractivity (Wildman–Crippen MR) is 81.7 cm³/mol. The summed E-state index contributed by atoms with van der Waals surface area (Å²) in [5.41, 5.74) is 0. The van der Waals surface area contributed by atoms with E-state index in [0.717, 1.165) is 31.0 Å². The summed E-state index contributed by atoms with van der Waals surface area (Å²) in [7, 11) is 1.79. The average Bonchev–Trinajstić information content (AvgIpc) is 3.13. The van der Waals surface area contributed by atoms with Crippen molar-refractivity contribution in [3.05, 3.63) is 42.0 Å². The highest BCUT2D eigenvalue weighted by Crippen LogP contribution is 2.20. The van der Waals surface area contributed by atoms with Crippen molar-refractivity contribution in [3.8, 4) is 5.75 Å². The van der Waals surface area contributed by atoms with Crippen LogP contribution in [0.3, 0.4) is 0 Å². The fraction of sp³-hybridized carbons (Fsp3) is 0.438. The van der Waals surface area contributed by atoms with Crippen molar-refractivity contribution in [2.45, 2.75) is 25.8 Å². The maximum atomic E-state index is 12.6. The van der Waals surface area contributed by atoms with Crippen LogP contribution in [0.1, 0.15) is 29.3 Å². The minimum atomic E-state index is -0.108. The summed E-state index contributed by atoms with van der Waals surface area (Å²) in [4.78, 5) is 18.6. The largest absolute Gasteiger partial charge is 0.491 e. The number of carbonyl (C=O) groups excluding carboxylic acids is 1. The molecule has 1 aromatic carbocycles. The van der Waals surface area contributed by atoms with E-state index in [2.05, 4.69) is 10.1 Å². The van der Waals surface area contributed by atoms with Crippen molar-refractivity contribution in [1.82, 2.24) is 19.7 Å². The van der Waals surface area contributed by atoms with Crippen LogP contribution in [-0.2, 0) is 7.05 Å².